The molecule has 0 aromatic rings. The van der Waals surface area contributed by atoms with Crippen LogP contribution in [0.4, 0.5) is 0 Å². The maximum atomic E-state index is 12.0. The Balaban J connectivity index is 1.75. The van der Waals surface area contributed by atoms with Crippen LogP contribution in [0.3, 0.4) is 0 Å². The van der Waals surface area contributed by atoms with E-state index in [2.05, 4.69) is 10.2 Å². The van der Waals surface area contributed by atoms with Crippen LogP contribution in [0.15, 0.2) is 0 Å². The number of nitrogens with one attached hydrogen (secondary N) is 1. The third-order valence-electron chi connectivity index (χ3n) is 4.51. The first kappa shape index (κ1) is 17.9. The van der Waals surface area contributed by atoms with Gasteiger partial charge in [0.2, 0.25) is 11.8 Å². The molecule has 0 bridgehead atoms. The standard InChI is InChI=1S/C16H26N3O4/c1-11(16(17)22)5-4-6-14(21)18-15-12(20)10-23-13(15)9-19-7-2-3-8-19/h6,11,13,15H,2-5,7-10H2,1H3,(H2,17,22)(H,18,21)/t11?,13-,15?/m0/s1. The Morgan fingerprint density at radius 3 is 2.78 bits per heavy atom. The topological polar surface area (TPSA) is 102 Å². The van der Waals surface area contributed by atoms with E-state index in [-0.39, 0.29) is 36.2 Å². The van der Waals surface area contributed by atoms with Gasteiger partial charge in [-0.15, -0.1) is 0 Å². The molecule has 3 N–H and O–H groups in total. The highest BCUT2D eigenvalue weighted by Crippen LogP contribution is 2.16. The summed E-state index contributed by atoms with van der Waals surface area (Å²) >= 11 is 0. The first-order chi connectivity index (χ1) is 11.0. The van der Waals surface area contributed by atoms with Crippen molar-refractivity contribution in [1.82, 2.24) is 10.2 Å². The molecular weight excluding hydrogens is 298 g/mol. The van der Waals surface area contributed by atoms with Gasteiger partial charge in [-0.3, -0.25) is 14.4 Å². The highest BCUT2D eigenvalue weighted by Gasteiger charge is 2.38. The van der Waals surface area contributed by atoms with Gasteiger partial charge in [-0.25, -0.2) is 0 Å². The van der Waals surface area contributed by atoms with Gasteiger partial charge in [0.25, 0.3) is 0 Å². The second-order valence-corrected chi connectivity index (χ2v) is 6.39. The van der Waals surface area contributed by atoms with Crippen molar-refractivity contribution in [3.63, 3.8) is 0 Å². The average Bonchev–Trinajstić information content (AvgIpc) is 3.12. The second-order valence-electron chi connectivity index (χ2n) is 6.39. The smallest absolute Gasteiger partial charge is 0.224 e. The number of likely N-dealkylation sites (tertiary alicyclic amines) is 1. The summed E-state index contributed by atoms with van der Waals surface area (Å²) in [5.41, 5.74) is 5.18. The molecule has 1 radical (unpaired) electrons. The van der Waals surface area contributed by atoms with Crippen molar-refractivity contribution in [3.05, 3.63) is 6.42 Å². The zero-order chi connectivity index (χ0) is 16.8. The third kappa shape index (κ3) is 5.28. The SMILES string of the molecule is CC(CC[CH]C(=O)NC1C(=O)CO[C@H]1CN1CCCC1)C(N)=O. The lowest BCUT2D eigenvalue weighted by atomic mass is 10.0. The molecule has 7 heteroatoms. The van der Waals surface area contributed by atoms with Gasteiger partial charge >= 0.3 is 0 Å². The van der Waals surface area contributed by atoms with E-state index in [4.69, 9.17) is 10.5 Å². The predicted octanol–water partition coefficient (Wildman–Crippen LogP) is -0.359. The summed E-state index contributed by atoms with van der Waals surface area (Å²) < 4.78 is 5.53. The molecule has 0 aliphatic carbocycles. The lowest BCUT2D eigenvalue weighted by Crippen LogP contribution is -2.48. The van der Waals surface area contributed by atoms with Crippen molar-refractivity contribution in [2.45, 2.75) is 44.8 Å². The van der Waals surface area contributed by atoms with E-state index < -0.39 is 6.04 Å². The molecule has 2 aliphatic rings. The summed E-state index contributed by atoms with van der Waals surface area (Å²) in [5, 5.41) is 2.74. The lowest BCUT2D eigenvalue weighted by molar-refractivity contribution is -0.124. The Morgan fingerprint density at radius 2 is 2.13 bits per heavy atom. The molecule has 2 rings (SSSR count). The number of carbonyl (C=O) groups excluding carboxylic acids is 3. The highest BCUT2D eigenvalue weighted by atomic mass is 16.5. The molecule has 7 nitrogen and oxygen atoms in total. The molecule has 23 heavy (non-hydrogen) atoms. The van der Waals surface area contributed by atoms with Crippen LogP contribution in [0.25, 0.3) is 0 Å². The molecule has 0 aromatic carbocycles. The normalized spacial score (nSPS) is 26.4. The summed E-state index contributed by atoms with van der Waals surface area (Å²) in [6.45, 7) is 4.50. The Hall–Kier alpha value is -1.47. The fourth-order valence-corrected chi connectivity index (χ4v) is 2.95. The lowest BCUT2D eigenvalue weighted by Gasteiger charge is -2.23. The number of hydrogen-bond acceptors (Lipinski definition) is 5. The molecule has 2 unspecified atom stereocenters. The number of nitrogens with zero attached hydrogens (tertiary/aromatic N) is 1. The van der Waals surface area contributed by atoms with Gasteiger partial charge in [0, 0.05) is 18.9 Å². The van der Waals surface area contributed by atoms with E-state index in [0.717, 1.165) is 13.1 Å². The monoisotopic (exact) mass is 324 g/mol. The van der Waals surface area contributed by atoms with Crippen LogP contribution in [0.1, 0.15) is 32.6 Å². The Kier molecular flexibility index (Phi) is 6.53. The number of ketones is 1. The minimum absolute atomic E-state index is 0.0577. The number of nitrogens with two attached hydrogens (primary N) is 1. The number of primary amides is 1. The van der Waals surface area contributed by atoms with E-state index in [1.807, 2.05) is 0 Å². The Morgan fingerprint density at radius 1 is 1.43 bits per heavy atom. The van der Waals surface area contributed by atoms with Crippen molar-refractivity contribution >= 4 is 17.6 Å². The number of Topliss-reactive ketones (excluding diaryl/α,β-unsaturated/α-hetero) is 1. The molecule has 2 fully saturated rings. The van der Waals surface area contributed by atoms with Crippen LogP contribution >= 0.6 is 0 Å². The summed E-state index contributed by atoms with van der Waals surface area (Å²) in [6.07, 6.45) is 4.51. The largest absolute Gasteiger partial charge is 0.369 e. The van der Waals surface area contributed by atoms with Gasteiger partial charge in [-0.1, -0.05) is 6.92 Å². The fraction of sp³-hybridized carbons (Fsp3) is 0.750. The van der Waals surface area contributed by atoms with Crippen molar-refractivity contribution in [1.29, 1.82) is 0 Å². The quantitative estimate of drug-likeness (QED) is 0.635. The number of rotatable bonds is 8. The van der Waals surface area contributed by atoms with E-state index in [0.29, 0.717) is 19.4 Å². The van der Waals surface area contributed by atoms with Crippen molar-refractivity contribution in [2.75, 3.05) is 26.2 Å². The van der Waals surface area contributed by atoms with Gasteiger partial charge in [0.1, 0.15) is 12.6 Å². The third-order valence-corrected chi connectivity index (χ3v) is 4.51. The zero-order valence-electron chi connectivity index (χ0n) is 13.6. The number of amides is 2. The second kappa shape index (κ2) is 8.40. The van der Waals surface area contributed by atoms with Gasteiger partial charge < -0.3 is 20.7 Å². The van der Waals surface area contributed by atoms with Crippen LogP contribution in [0, 0.1) is 12.3 Å². The minimum atomic E-state index is -0.576. The summed E-state index contributed by atoms with van der Waals surface area (Å²) in [7, 11) is 0. The van der Waals surface area contributed by atoms with Gasteiger partial charge in [-0.05, 0) is 38.8 Å². The molecule has 129 valence electrons. The minimum Gasteiger partial charge on any atom is -0.369 e. The number of ether oxygens (including phenoxy) is 1. The van der Waals surface area contributed by atoms with Crippen LogP contribution in [0.5, 0.6) is 0 Å². The molecule has 0 aromatic heterocycles. The molecule has 2 saturated heterocycles. The molecule has 2 heterocycles. The van der Waals surface area contributed by atoms with Crippen molar-refractivity contribution in [3.8, 4) is 0 Å². The van der Waals surface area contributed by atoms with Crippen molar-refractivity contribution in [2.24, 2.45) is 11.7 Å². The zero-order valence-corrected chi connectivity index (χ0v) is 13.6. The van der Waals surface area contributed by atoms with Crippen LogP contribution in [-0.2, 0) is 19.1 Å². The van der Waals surface area contributed by atoms with Crippen molar-refractivity contribution < 1.29 is 19.1 Å². The van der Waals surface area contributed by atoms with Gasteiger partial charge in [0.15, 0.2) is 5.78 Å². The Labute approximate surface area is 136 Å². The summed E-state index contributed by atoms with van der Waals surface area (Å²) in [4.78, 5) is 37.1. The predicted molar refractivity (Wildman–Crippen MR) is 84.2 cm³/mol. The summed E-state index contributed by atoms with van der Waals surface area (Å²) in [6, 6.07) is -0.576. The Bertz CT molecular complexity index is 449. The van der Waals surface area contributed by atoms with Crippen LogP contribution < -0.4 is 11.1 Å². The van der Waals surface area contributed by atoms with Crippen LogP contribution in [0.2, 0.25) is 0 Å². The number of hydrogen-bond donors (Lipinski definition) is 2. The fourth-order valence-electron chi connectivity index (χ4n) is 2.95. The van der Waals surface area contributed by atoms with E-state index in [1.54, 1.807) is 6.92 Å². The maximum Gasteiger partial charge on any atom is 0.224 e. The molecule has 2 amide bonds. The highest BCUT2D eigenvalue weighted by molar-refractivity contribution is 5.94. The first-order valence-electron chi connectivity index (χ1n) is 8.27. The van der Waals surface area contributed by atoms with Crippen LogP contribution in [-0.4, -0.2) is 60.9 Å². The molecule has 0 spiro atoms. The molecular formula is C16H26N3O4. The maximum absolute atomic E-state index is 12.0. The molecule has 2 aliphatic heterocycles. The van der Waals surface area contributed by atoms with E-state index >= 15 is 0 Å². The van der Waals surface area contributed by atoms with E-state index in [1.165, 1.54) is 19.3 Å². The number of carbonyl (C=O) groups is 3. The summed E-state index contributed by atoms with van der Waals surface area (Å²) in [5.74, 6) is -1.01. The average molecular weight is 324 g/mol. The van der Waals surface area contributed by atoms with Gasteiger partial charge in [0.05, 0.1) is 6.10 Å². The molecule has 3 atom stereocenters. The molecule has 0 saturated carbocycles. The van der Waals surface area contributed by atoms with E-state index in [9.17, 15) is 14.4 Å². The first-order valence-corrected chi connectivity index (χ1v) is 8.27. The van der Waals surface area contributed by atoms with Gasteiger partial charge in [-0.2, -0.15) is 0 Å².